The number of fused-ring (bicyclic) bond motifs is 1. The molecule has 0 fully saturated rings. The van der Waals surface area contributed by atoms with E-state index in [9.17, 15) is 10.3 Å². The van der Waals surface area contributed by atoms with Gasteiger partial charge in [0, 0.05) is 0 Å². The molecular weight excluding hydrogens is 212 g/mol. The van der Waals surface area contributed by atoms with Crippen LogP contribution in [-0.2, 0) is 0 Å². The normalized spacial score (nSPS) is 24.0. The molecule has 15 heavy (non-hydrogen) atoms. The van der Waals surface area contributed by atoms with Gasteiger partial charge in [0.25, 0.3) is 0 Å². The maximum Gasteiger partial charge on any atom is 0.388 e. The van der Waals surface area contributed by atoms with Crippen LogP contribution in [0.1, 0.15) is 0 Å². The largest absolute Gasteiger partial charge is 0.491 e. The molecule has 0 atom stereocenters. The van der Waals surface area contributed by atoms with Crippen LogP contribution in [0.2, 0.25) is 0 Å². The Morgan fingerprint density at radius 1 is 1.00 bits per heavy atom. The van der Waals surface area contributed by atoms with Crippen LogP contribution in [0.5, 0.6) is 0 Å². The molecule has 0 aromatic rings. The Labute approximate surface area is 81.5 Å². The van der Waals surface area contributed by atoms with Crippen molar-refractivity contribution in [3.05, 3.63) is 11.6 Å². The van der Waals surface area contributed by atoms with Gasteiger partial charge in [-0.25, -0.2) is 0 Å². The molecule has 0 radical (unpaired) electrons. The lowest BCUT2D eigenvalue weighted by atomic mass is 10.3. The number of hydrogen-bond acceptors (Lipinski definition) is 9. The molecule has 0 saturated carbocycles. The SMILES string of the molecule is OC1=NC2=C(O)N(O)C(O)(O)N(O)C2=N1. The summed E-state index contributed by atoms with van der Waals surface area (Å²) in [5, 5.41) is 53.8. The summed E-state index contributed by atoms with van der Waals surface area (Å²) in [5.41, 5.74) is -0.503. The zero-order valence-electron chi connectivity index (χ0n) is 6.97. The van der Waals surface area contributed by atoms with Gasteiger partial charge in [0.15, 0.2) is 11.5 Å². The summed E-state index contributed by atoms with van der Waals surface area (Å²) >= 11 is 0. The van der Waals surface area contributed by atoms with E-state index >= 15 is 0 Å². The van der Waals surface area contributed by atoms with Crippen molar-refractivity contribution in [1.29, 1.82) is 0 Å². The molecule has 0 amide bonds. The number of hydrogen-bond donors (Lipinski definition) is 6. The van der Waals surface area contributed by atoms with Crippen LogP contribution in [0, 0.1) is 0 Å². The molecule has 0 spiro atoms. The number of aliphatic hydroxyl groups excluding tert-OH is 2. The van der Waals surface area contributed by atoms with Gasteiger partial charge >= 0.3 is 12.1 Å². The van der Waals surface area contributed by atoms with Crippen molar-refractivity contribution < 1.29 is 30.8 Å². The summed E-state index contributed by atoms with van der Waals surface area (Å²) in [5.74, 6) is -1.69. The lowest BCUT2D eigenvalue weighted by molar-refractivity contribution is -0.454. The lowest BCUT2D eigenvalue weighted by Crippen LogP contribution is -2.63. The summed E-state index contributed by atoms with van der Waals surface area (Å²) < 4.78 is 0. The highest BCUT2D eigenvalue weighted by Gasteiger charge is 2.51. The molecule has 2 aliphatic rings. The first-order valence-corrected chi connectivity index (χ1v) is 3.58. The highest BCUT2D eigenvalue weighted by molar-refractivity contribution is 6.09. The zero-order chi connectivity index (χ0) is 11.4. The molecule has 0 aromatic heterocycles. The Morgan fingerprint density at radius 2 is 1.60 bits per heavy atom. The number of rotatable bonds is 0. The van der Waals surface area contributed by atoms with Crippen molar-refractivity contribution in [2.45, 2.75) is 6.03 Å². The molecule has 0 aliphatic carbocycles. The summed E-state index contributed by atoms with van der Waals surface area (Å²) in [6, 6.07) is -4.11. The van der Waals surface area contributed by atoms with E-state index in [1.165, 1.54) is 0 Å². The van der Waals surface area contributed by atoms with Crippen molar-refractivity contribution in [1.82, 2.24) is 10.1 Å². The number of aliphatic imine (C=N–C) groups is 2. The maximum absolute atomic E-state index is 9.22. The molecule has 2 aliphatic heterocycles. The molecule has 0 aromatic carbocycles. The Kier molecular flexibility index (Phi) is 1.66. The molecule has 10 nitrogen and oxygen atoms in total. The van der Waals surface area contributed by atoms with Crippen LogP contribution in [0.25, 0.3) is 0 Å². The van der Waals surface area contributed by atoms with Crippen LogP contribution < -0.4 is 0 Å². The fourth-order valence-corrected chi connectivity index (χ4v) is 1.09. The maximum atomic E-state index is 9.22. The fourth-order valence-electron chi connectivity index (χ4n) is 1.09. The quantitative estimate of drug-likeness (QED) is 0.256. The van der Waals surface area contributed by atoms with Gasteiger partial charge in [-0.05, 0) is 0 Å². The van der Waals surface area contributed by atoms with Gasteiger partial charge < -0.3 is 20.4 Å². The van der Waals surface area contributed by atoms with E-state index in [0.717, 1.165) is 0 Å². The topological polar surface area (TPSA) is 153 Å². The highest BCUT2D eigenvalue weighted by Crippen LogP contribution is 2.29. The van der Waals surface area contributed by atoms with E-state index in [4.69, 9.17) is 20.5 Å². The predicted octanol–water partition coefficient (Wildman–Crippen LogP) is -1.97. The van der Waals surface area contributed by atoms with E-state index in [0.29, 0.717) is 0 Å². The smallest absolute Gasteiger partial charge is 0.388 e. The van der Waals surface area contributed by atoms with Crippen molar-refractivity contribution in [3.8, 4) is 0 Å². The molecule has 10 heteroatoms. The van der Waals surface area contributed by atoms with Gasteiger partial charge in [-0.1, -0.05) is 0 Å². The summed E-state index contributed by atoms with van der Waals surface area (Å²) in [6.45, 7) is 0. The van der Waals surface area contributed by atoms with E-state index in [1.807, 2.05) is 0 Å². The van der Waals surface area contributed by atoms with E-state index in [2.05, 4.69) is 9.98 Å². The number of hydroxylamine groups is 4. The minimum absolute atomic E-state index is 0.283. The van der Waals surface area contributed by atoms with Crippen molar-refractivity contribution >= 4 is 11.9 Å². The minimum atomic E-state index is -3.30. The lowest BCUT2D eigenvalue weighted by Gasteiger charge is -2.38. The Hall–Kier alpha value is -1.88. The van der Waals surface area contributed by atoms with Crippen LogP contribution in [0.15, 0.2) is 21.6 Å². The van der Waals surface area contributed by atoms with Crippen molar-refractivity contribution in [3.63, 3.8) is 0 Å². The van der Waals surface area contributed by atoms with Gasteiger partial charge in [-0.2, -0.15) is 15.0 Å². The van der Waals surface area contributed by atoms with Gasteiger partial charge in [0.1, 0.15) is 0 Å². The third kappa shape index (κ3) is 1.07. The molecule has 0 unspecified atom stereocenters. The van der Waals surface area contributed by atoms with Gasteiger partial charge in [-0.15, -0.1) is 5.06 Å². The average molecular weight is 218 g/mol. The third-order valence-electron chi connectivity index (χ3n) is 1.81. The molecular formula is C5H6N4O6. The summed E-state index contributed by atoms with van der Waals surface area (Å²) in [7, 11) is 0. The van der Waals surface area contributed by atoms with E-state index < -0.39 is 34.5 Å². The van der Waals surface area contributed by atoms with Crippen LogP contribution in [0.4, 0.5) is 0 Å². The first kappa shape index (κ1) is 9.67. The van der Waals surface area contributed by atoms with Gasteiger partial charge in [0.05, 0.1) is 0 Å². The van der Waals surface area contributed by atoms with Crippen molar-refractivity contribution in [2.75, 3.05) is 0 Å². The average Bonchev–Trinajstić information content (AvgIpc) is 2.55. The summed E-state index contributed by atoms with van der Waals surface area (Å²) in [6.07, 6.45) is 0. The fraction of sp³-hybridized carbons (Fsp3) is 0.200. The first-order valence-electron chi connectivity index (χ1n) is 3.58. The predicted molar refractivity (Wildman–Crippen MR) is 41.6 cm³/mol. The first-order chi connectivity index (χ1) is 6.85. The molecule has 0 bridgehead atoms. The van der Waals surface area contributed by atoms with Crippen LogP contribution >= 0.6 is 0 Å². The number of aliphatic hydroxyl groups is 4. The monoisotopic (exact) mass is 218 g/mol. The van der Waals surface area contributed by atoms with Gasteiger partial charge in [0.2, 0.25) is 5.88 Å². The molecule has 2 rings (SSSR count). The number of nitrogens with zero attached hydrogens (tertiary/aromatic N) is 4. The molecule has 0 saturated heterocycles. The second-order valence-corrected chi connectivity index (χ2v) is 2.74. The molecule has 2 heterocycles. The van der Waals surface area contributed by atoms with E-state index in [1.54, 1.807) is 0 Å². The van der Waals surface area contributed by atoms with Crippen LogP contribution in [-0.4, -0.2) is 58.9 Å². The van der Waals surface area contributed by atoms with E-state index in [-0.39, 0.29) is 5.06 Å². The van der Waals surface area contributed by atoms with Gasteiger partial charge in [-0.3, -0.25) is 10.4 Å². The third-order valence-corrected chi connectivity index (χ3v) is 1.81. The molecule has 82 valence electrons. The van der Waals surface area contributed by atoms with Crippen LogP contribution in [0.3, 0.4) is 0 Å². The zero-order valence-corrected chi connectivity index (χ0v) is 6.97. The Morgan fingerprint density at radius 3 is 2.20 bits per heavy atom. The summed E-state index contributed by atoms with van der Waals surface area (Å²) in [4.78, 5) is 6.42. The van der Waals surface area contributed by atoms with Crippen molar-refractivity contribution in [2.24, 2.45) is 9.98 Å². The Balaban J connectivity index is 2.59. The second-order valence-electron chi connectivity index (χ2n) is 2.74. The highest BCUT2D eigenvalue weighted by atomic mass is 16.7. The molecule has 6 N–H and O–H groups in total. The standard InChI is InChI=1S/C5H6N4O6/c10-3-1-2(7-4(11)6-1)8(14)5(12,13)9(3)15/h10,12-15H,(H,6,11). The number of amidine groups is 2. The Bertz CT molecular complexity index is 412. The second kappa shape index (κ2) is 2.58. The minimum Gasteiger partial charge on any atom is -0.491 e.